The molecule has 0 fully saturated rings. The lowest BCUT2D eigenvalue weighted by Crippen LogP contribution is -2.41. The van der Waals surface area contributed by atoms with Crippen molar-refractivity contribution in [3.8, 4) is 0 Å². The summed E-state index contributed by atoms with van der Waals surface area (Å²) in [6.45, 7) is 9.85. The lowest BCUT2D eigenvalue weighted by Gasteiger charge is -2.33. The predicted molar refractivity (Wildman–Crippen MR) is 68.4 cm³/mol. The quantitative estimate of drug-likeness (QED) is 0.804. The molecule has 0 aromatic carbocycles. The van der Waals surface area contributed by atoms with Gasteiger partial charge in [-0.25, -0.2) is 4.98 Å². The normalized spacial score (nSPS) is 14.4. The van der Waals surface area contributed by atoms with E-state index in [4.69, 9.17) is 0 Å². The molecule has 3 nitrogen and oxygen atoms in total. The molecule has 0 radical (unpaired) electrons. The van der Waals surface area contributed by atoms with Crippen molar-refractivity contribution < 1.29 is 5.11 Å². The summed E-state index contributed by atoms with van der Waals surface area (Å²) >= 11 is 1.61. The van der Waals surface area contributed by atoms with Gasteiger partial charge in [-0.05, 0) is 5.92 Å². The number of rotatable bonds is 6. The van der Waals surface area contributed by atoms with E-state index in [2.05, 4.69) is 24.1 Å². The second-order valence-corrected chi connectivity index (χ2v) is 5.98. The van der Waals surface area contributed by atoms with E-state index in [9.17, 15) is 5.11 Å². The van der Waals surface area contributed by atoms with Gasteiger partial charge in [-0.3, -0.25) is 0 Å². The third-order valence-electron chi connectivity index (χ3n) is 2.80. The van der Waals surface area contributed by atoms with E-state index in [0.717, 1.165) is 18.8 Å². The summed E-state index contributed by atoms with van der Waals surface area (Å²) in [6, 6.07) is 0. The second-order valence-electron chi connectivity index (χ2n) is 5.26. The van der Waals surface area contributed by atoms with E-state index in [1.165, 1.54) is 0 Å². The summed E-state index contributed by atoms with van der Waals surface area (Å²) < 4.78 is 0. The first-order chi connectivity index (χ1) is 7.43. The summed E-state index contributed by atoms with van der Waals surface area (Å²) in [4.78, 5) is 4.21. The molecule has 4 heteroatoms. The highest BCUT2D eigenvalue weighted by atomic mass is 32.1. The molecule has 1 atom stereocenters. The molecule has 1 heterocycles. The van der Waals surface area contributed by atoms with E-state index < -0.39 is 0 Å². The van der Waals surface area contributed by atoms with Crippen LogP contribution in [-0.2, 0) is 6.54 Å². The fourth-order valence-electron chi connectivity index (χ4n) is 1.84. The highest BCUT2D eigenvalue weighted by Crippen LogP contribution is 2.25. The van der Waals surface area contributed by atoms with Crippen molar-refractivity contribution in [1.82, 2.24) is 10.3 Å². The first-order valence-corrected chi connectivity index (χ1v) is 6.63. The maximum atomic E-state index is 10.1. The van der Waals surface area contributed by atoms with Gasteiger partial charge in [0.05, 0.1) is 17.3 Å². The topological polar surface area (TPSA) is 45.1 Å². The Kier molecular flexibility index (Phi) is 4.89. The smallest absolute Gasteiger partial charge is 0.0795 e. The number of thiazole rings is 1. The Morgan fingerprint density at radius 2 is 2.19 bits per heavy atom. The molecule has 0 saturated heterocycles. The third-order valence-corrected chi connectivity index (χ3v) is 3.44. The Hall–Kier alpha value is -0.450. The van der Waals surface area contributed by atoms with Crippen LogP contribution in [0.5, 0.6) is 0 Å². The van der Waals surface area contributed by atoms with Gasteiger partial charge in [0.2, 0.25) is 0 Å². The van der Waals surface area contributed by atoms with Gasteiger partial charge in [0, 0.05) is 23.9 Å². The van der Waals surface area contributed by atoms with Crippen molar-refractivity contribution in [2.24, 2.45) is 11.3 Å². The van der Waals surface area contributed by atoms with Gasteiger partial charge in [-0.1, -0.05) is 27.7 Å². The second kappa shape index (κ2) is 5.75. The highest BCUT2D eigenvalue weighted by molar-refractivity contribution is 7.07. The number of hydrogen-bond donors (Lipinski definition) is 2. The molecule has 0 amide bonds. The van der Waals surface area contributed by atoms with Gasteiger partial charge < -0.3 is 10.4 Å². The van der Waals surface area contributed by atoms with Crippen molar-refractivity contribution in [1.29, 1.82) is 0 Å². The number of aliphatic hydroxyl groups excluding tert-OH is 1. The van der Waals surface area contributed by atoms with Gasteiger partial charge in [0.15, 0.2) is 0 Å². The first-order valence-electron chi connectivity index (χ1n) is 5.69. The molecule has 2 N–H and O–H groups in total. The van der Waals surface area contributed by atoms with Crippen molar-refractivity contribution in [3.05, 3.63) is 16.6 Å². The molecule has 1 aromatic heterocycles. The van der Waals surface area contributed by atoms with Gasteiger partial charge in [-0.15, -0.1) is 11.3 Å². The van der Waals surface area contributed by atoms with E-state index in [-0.39, 0.29) is 17.4 Å². The minimum Gasteiger partial charge on any atom is -0.392 e. The maximum absolute atomic E-state index is 10.1. The van der Waals surface area contributed by atoms with Crippen LogP contribution in [0.4, 0.5) is 0 Å². The van der Waals surface area contributed by atoms with Crippen molar-refractivity contribution in [2.45, 2.75) is 40.3 Å². The van der Waals surface area contributed by atoms with Gasteiger partial charge >= 0.3 is 0 Å². The Morgan fingerprint density at radius 3 is 2.69 bits per heavy atom. The van der Waals surface area contributed by atoms with Gasteiger partial charge in [0.25, 0.3) is 0 Å². The molecule has 0 aliphatic carbocycles. The molecule has 92 valence electrons. The molecule has 0 saturated carbocycles. The minimum absolute atomic E-state index is 0.107. The van der Waals surface area contributed by atoms with Crippen LogP contribution in [0.3, 0.4) is 0 Å². The SMILES string of the molecule is CC(C)C(O)C(C)(C)CNCc1cscn1. The Morgan fingerprint density at radius 1 is 1.50 bits per heavy atom. The van der Waals surface area contributed by atoms with Crippen molar-refractivity contribution in [3.63, 3.8) is 0 Å². The average molecular weight is 242 g/mol. The predicted octanol–water partition coefficient (Wildman–Crippen LogP) is 2.28. The van der Waals surface area contributed by atoms with Gasteiger partial charge in [0.1, 0.15) is 0 Å². The Labute approximate surface area is 102 Å². The zero-order chi connectivity index (χ0) is 12.2. The first kappa shape index (κ1) is 13.6. The number of nitrogens with zero attached hydrogens (tertiary/aromatic N) is 1. The van der Waals surface area contributed by atoms with Crippen LogP contribution in [-0.4, -0.2) is 22.7 Å². The van der Waals surface area contributed by atoms with Crippen LogP contribution in [0, 0.1) is 11.3 Å². The van der Waals surface area contributed by atoms with Crippen LogP contribution < -0.4 is 5.32 Å². The lowest BCUT2D eigenvalue weighted by atomic mass is 9.81. The molecular formula is C12H22N2OS. The van der Waals surface area contributed by atoms with Crippen molar-refractivity contribution >= 4 is 11.3 Å². The lowest BCUT2D eigenvalue weighted by molar-refractivity contribution is 0.0134. The Bertz CT molecular complexity index is 296. The van der Waals surface area contributed by atoms with Gasteiger partial charge in [-0.2, -0.15) is 0 Å². The van der Waals surface area contributed by atoms with E-state index >= 15 is 0 Å². The zero-order valence-corrected chi connectivity index (χ0v) is 11.3. The highest BCUT2D eigenvalue weighted by Gasteiger charge is 2.29. The average Bonchev–Trinajstić information content (AvgIpc) is 2.69. The minimum atomic E-state index is -0.282. The largest absolute Gasteiger partial charge is 0.392 e. The molecule has 0 bridgehead atoms. The van der Waals surface area contributed by atoms with Crippen LogP contribution in [0.25, 0.3) is 0 Å². The zero-order valence-electron chi connectivity index (χ0n) is 10.5. The van der Waals surface area contributed by atoms with Crippen LogP contribution in [0.1, 0.15) is 33.4 Å². The van der Waals surface area contributed by atoms with Crippen molar-refractivity contribution in [2.75, 3.05) is 6.54 Å². The molecular weight excluding hydrogens is 220 g/mol. The number of aliphatic hydroxyl groups is 1. The summed E-state index contributed by atoms with van der Waals surface area (Å²) in [7, 11) is 0. The molecule has 0 aliphatic rings. The van der Waals surface area contributed by atoms with E-state index in [1.807, 2.05) is 24.7 Å². The Balaban J connectivity index is 2.36. The molecule has 1 aromatic rings. The standard InChI is InChI=1S/C12H22N2OS/c1-9(2)11(15)12(3,4)7-13-5-10-6-16-8-14-10/h6,8-9,11,13,15H,5,7H2,1-4H3. The molecule has 1 unspecified atom stereocenters. The maximum Gasteiger partial charge on any atom is 0.0795 e. The molecule has 0 aliphatic heterocycles. The van der Waals surface area contributed by atoms with E-state index in [1.54, 1.807) is 11.3 Å². The summed E-state index contributed by atoms with van der Waals surface area (Å²) in [6.07, 6.45) is -0.282. The summed E-state index contributed by atoms with van der Waals surface area (Å²) in [5.74, 6) is 0.288. The van der Waals surface area contributed by atoms with Crippen LogP contribution >= 0.6 is 11.3 Å². The summed E-state index contributed by atoms with van der Waals surface area (Å²) in [5.41, 5.74) is 2.80. The fraction of sp³-hybridized carbons (Fsp3) is 0.750. The number of hydrogen-bond acceptors (Lipinski definition) is 4. The van der Waals surface area contributed by atoms with E-state index in [0.29, 0.717) is 0 Å². The number of nitrogens with one attached hydrogen (secondary N) is 1. The summed E-state index contributed by atoms with van der Waals surface area (Å²) in [5, 5.41) is 15.4. The molecule has 0 spiro atoms. The third kappa shape index (κ3) is 3.85. The molecule has 1 rings (SSSR count). The molecule has 16 heavy (non-hydrogen) atoms. The van der Waals surface area contributed by atoms with Crippen LogP contribution in [0.2, 0.25) is 0 Å². The monoisotopic (exact) mass is 242 g/mol. The van der Waals surface area contributed by atoms with Crippen LogP contribution in [0.15, 0.2) is 10.9 Å². The number of aromatic nitrogens is 1. The fourth-order valence-corrected chi connectivity index (χ4v) is 2.40.